The Morgan fingerprint density at radius 3 is 2.21 bits per heavy atom. The normalized spacial score (nSPS) is 12.8. The van der Waals surface area contributed by atoms with Gasteiger partial charge in [-0.05, 0) is 13.3 Å². The van der Waals surface area contributed by atoms with Crippen molar-refractivity contribution in [3.05, 3.63) is 0 Å². The van der Waals surface area contributed by atoms with Crippen LogP contribution in [0.15, 0.2) is 0 Å². The van der Waals surface area contributed by atoms with Crippen LogP contribution in [0.4, 0.5) is 4.79 Å². The Kier molecular flexibility index (Phi) is 6.82. The lowest BCUT2D eigenvalue weighted by molar-refractivity contribution is -0.138. The van der Waals surface area contributed by atoms with E-state index in [1.807, 2.05) is 6.92 Å². The lowest BCUT2D eigenvalue weighted by Crippen LogP contribution is -2.48. The van der Waals surface area contributed by atoms with Gasteiger partial charge in [0.1, 0.15) is 16.4 Å². The minimum Gasteiger partial charge on any atom is -0.480 e. The van der Waals surface area contributed by atoms with Crippen LogP contribution in [0.25, 0.3) is 0 Å². The number of carboxylic acid groups (broad SMARTS) is 1. The van der Waals surface area contributed by atoms with Crippen LogP contribution in [0.3, 0.4) is 0 Å². The predicted molar refractivity (Wildman–Crippen MR) is 71.8 cm³/mol. The first-order valence-electron chi connectivity index (χ1n) is 5.99. The molecule has 1 unspecified atom stereocenters. The molecule has 7 nitrogen and oxygen atoms in total. The highest BCUT2D eigenvalue weighted by Crippen LogP contribution is 2.07. The van der Waals surface area contributed by atoms with Crippen LogP contribution in [0.2, 0.25) is 0 Å². The zero-order valence-corrected chi connectivity index (χ0v) is 12.6. The molecule has 2 amide bonds. The minimum atomic E-state index is -3.16. The molecule has 0 aliphatic heterocycles. The van der Waals surface area contributed by atoms with Gasteiger partial charge in [-0.3, -0.25) is 4.79 Å². The Labute approximate surface area is 114 Å². The second-order valence-corrected chi connectivity index (χ2v) is 6.87. The van der Waals surface area contributed by atoms with Crippen molar-refractivity contribution in [3.8, 4) is 0 Å². The average molecular weight is 294 g/mol. The minimum absolute atomic E-state index is 0.0459. The second-order valence-electron chi connectivity index (χ2n) is 4.61. The molecule has 0 saturated heterocycles. The van der Waals surface area contributed by atoms with Gasteiger partial charge in [0.05, 0.1) is 5.75 Å². The lowest BCUT2D eigenvalue weighted by atomic mass is 10.2. The molecule has 0 aromatic carbocycles. The highest BCUT2D eigenvalue weighted by molar-refractivity contribution is 7.90. The fourth-order valence-corrected chi connectivity index (χ4v) is 2.00. The van der Waals surface area contributed by atoms with Gasteiger partial charge in [0, 0.05) is 25.9 Å². The zero-order valence-electron chi connectivity index (χ0n) is 11.8. The van der Waals surface area contributed by atoms with E-state index < -0.39 is 28.4 Å². The van der Waals surface area contributed by atoms with Crippen molar-refractivity contribution >= 4 is 21.8 Å². The molecule has 0 fully saturated rings. The highest BCUT2D eigenvalue weighted by atomic mass is 32.2. The molecule has 0 aliphatic carbocycles. The second kappa shape index (κ2) is 7.32. The van der Waals surface area contributed by atoms with E-state index >= 15 is 0 Å². The van der Waals surface area contributed by atoms with Crippen molar-refractivity contribution in [2.45, 2.75) is 26.3 Å². The third kappa shape index (κ3) is 7.00. The van der Waals surface area contributed by atoms with Crippen LogP contribution in [0, 0.1) is 0 Å². The maximum atomic E-state index is 12.1. The number of carboxylic acids is 1. The number of carbonyl (C=O) groups is 2. The van der Waals surface area contributed by atoms with E-state index in [2.05, 4.69) is 0 Å². The van der Waals surface area contributed by atoms with Crippen molar-refractivity contribution in [1.82, 2.24) is 9.80 Å². The molecule has 112 valence electrons. The van der Waals surface area contributed by atoms with Gasteiger partial charge >= 0.3 is 12.0 Å². The van der Waals surface area contributed by atoms with E-state index in [4.69, 9.17) is 5.11 Å². The van der Waals surface area contributed by atoms with Gasteiger partial charge < -0.3 is 14.9 Å². The Balaban J connectivity index is 4.74. The van der Waals surface area contributed by atoms with Gasteiger partial charge in [0.2, 0.25) is 0 Å². The summed E-state index contributed by atoms with van der Waals surface area (Å²) in [6, 6.07) is -0.690. The molecule has 0 aromatic heterocycles. The van der Waals surface area contributed by atoms with Gasteiger partial charge in [-0.1, -0.05) is 6.92 Å². The van der Waals surface area contributed by atoms with Crippen LogP contribution >= 0.6 is 0 Å². The van der Waals surface area contributed by atoms with Crippen LogP contribution in [0.5, 0.6) is 0 Å². The standard InChI is InChI=1S/C11H22N2O5S/c1-5-9(2)13(8-10(14)15)11(16)12(3)6-7-19(4,17)18/h9H,5-8H2,1-4H3,(H,14,15). The molecule has 1 atom stereocenters. The smallest absolute Gasteiger partial charge is 0.323 e. The molecule has 8 heteroatoms. The molecule has 0 aliphatic rings. The van der Waals surface area contributed by atoms with Crippen molar-refractivity contribution in [2.24, 2.45) is 0 Å². The fraction of sp³-hybridized carbons (Fsp3) is 0.818. The topological polar surface area (TPSA) is 95.0 Å². The van der Waals surface area contributed by atoms with Gasteiger partial charge in [-0.2, -0.15) is 0 Å². The van der Waals surface area contributed by atoms with Crippen LogP contribution < -0.4 is 0 Å². The third-order valence-corrected chi connectivity index (χ3v) is 3.72. The van der Waals surface area contributed by atoms with Gasteiger partial charge in [-0.15, -0.1) is 0 Å². The Hall–Kier alpha value is -1.31. The van der Waals surface area contributed by atoms with Crippen LogP contribution in [0.1, 0.15) is 20.3 Å². The van der Waals surface area contributed by atoms with E-state index in [0.29, 0.717) is 6.42 Å². The van der Waals surface area contributed by atoms with E-state index in [0.717, 1.165) is 6.26 Å². The monoisotopic (exact) mass is 294 g/mol. The SMILES string of the molecule is CCC(C)N(CC(=O)O)C(=O)N(C)CCS(C)(=O)=O. The Bertz CT molecular complexity index is 421. The summed E-state index contributed by atoms with van der Waals surface area (Å²) in [5.74, 6) is -1.23. The highest BCUT2D eigenvalue weighted by Gasteiger charge is 2.24. The van der Waals surface area contributed by atoms with Gasteiger partial charge in [0.25, 0.3) is 0 Å². The molecule has 0 radical (unpaired) electrons. The average Bonchev–Trinajstić information content (AvgIpc) is 2.29. The number of carbonyl (C=O) groups excluding carboxylic acids is 1. The third-order valence-electron chi connectivity index (χ3n) is 2.80. The number of aliphatic carboxylic acids is 1. The van der Waals surface area contributed by atoms with Gasteiger partial charge in [0.15, 0.2) is 0 Å². The maximum absolute atomic E-state index is 12.1. The van der Waals surface area contributed by atoms with Crippen molar-refractivity contribution in [3.63, 3.8) is 0 Å². The number of hydrogen-bond acceptors (Lipinski definition) is 4. The quantitative estimate of drug-likeness (QED) is 0.727. The number of urea groups is 1. The summed E-state index contributed by atoms with van der Waals surface area (Å²) in [4.78, 5) is 25.3. The number of nitrogens with zero attached hydrogens (tertiary/aromatic N) is 2. The molecular weight excluding hydrogens is 272 g/mol. The Morgan fingerprint density at radius 2 is 1.84 bits per heavy atom. The summed E-state index contributed by atoms with van der Waals surface area (Å²) >= 11 is 0. The molecule has 0 saturated carbocycles. The zero-order chi connectivity index (χ0) is 15.2. The summed E-state index contributed by atoms with van der Waals surface area (Å²) in [6.07, 6.45) is 1.72. The molecular formula is C11H22N2O5S. The number of sulfone groups is 1. The first-order valence-corrected chi connectivity index (χ1v) is 8.05. The van der Waals surface area contributed by atoms with Crippen LogP contribution in [-0.4, -0.2) is 73.5 Å². The van der Waals surface area contributed by atoms with E-state index in [-0.39, 0.29) is 18.3 Å². The van der Waals surface area contributed by atoms with Gasteiger partial charge in [-0.25, -0.2) is 13.2 Å². The fourth-order valence-electron chi connectivity index (χ4n) is 1.40. The first kappa shape index (κ1) is 17.7. The van der Waals surface area contributed by atoms with E-state index in [9.17, 15) is 18.0 Å². The molecule has 1 N–H and O–H groups in total. The number of amides is 2. The van der Waals surface area contributed by atoms with Crippen molar-refractivity contribution in [2.75, 3.05) is 32.1 Å². The molecule has 19 heavy (non-hydrogen) atoms. The Morgan fingerprint density at radius 1 is 1.32 bits per heavy atom. The predicted octanol–water partition coefficient (Wildman–Crippen LogP) is 0.268. The maximum Gasteiger partial charge on any atom is 0.323 e. The lowest BCUT2D eigenvalue weighted by Gasteiger charge is -2.31. The van der Waals surface area contributed by atoms with Crippen molar-refractivity contribution < 1.29 is 23.1 Å². The molecule has 0 aromatic rings. The molecule has 0 bridgehead atoms. The van der Waals surface area contributed by atoms with Crippen molar-refractivity contribution in [1.29, 1.82) is 0 Å². The first-order chi connectivity index (χ1) is 8.58. The van der Waals surface area contributed by atoms with Crippen LogP contribution in [-0.2, 0) is 14.6 Å². The number of hydrogen-bond donors (Lipinski definition) is 1. The summed E-state index contributed by atoms with van der Waals surface area (Å²) in [5.41, 5.74) is 0. The summed E-state index contributed by atoms with van der Waals surface area (Å²) in [5, 5.41) is 8.81. The number of rotatable bonds is 7. The molecule has 0 rings (SSSR count). The summed E-state index contributed by atoms with van der Waals surface area (Å²) in [6.45, 7) is 3.26. The largest absolute Gasteiger partial charge is 0.480 e. The molecule has 0 spiro atoms. The summed E-state index contributed by atoms with van der Waals surface area (Å²) in [7, 11) is -1.69. The summed E-state index contributed by atoms with van der Waals surface area (Å²) < 4.78 is 22.1. The van der Waals surface area contributed by atoms with E-state index in [1.165, 1.54) is 16.8 Å². The molecule has 0 heterocycles. The van der Waals surface area contributed by atoms with E-state index in [1.54, 1.807) is 6.92 Å².